The molecule has 1 aliphatic rings. The van der Waals surface area contributed by atoms with Gasteiger partial charge in [0, 0.05) is 46.5 Å². The number of piperidine rings is 1. The Labute approximate surface area is 211 Å². The molecule has 0 unspecified atom stereocenters. The van der Waals surface area contributed by atoms with Gasteiger partial charge in [-0.05, 0) is 70.2 Å². The van der Waals surface area contributed by atoms with Crippen LogP contribution in [-0.2, 0) is 13.1 Å². The van der Waals surface area contributed by atoms with Crippen molar-refractivity contribution in [2.24, 2.45) is 5.92 Å². The van der Waals surface area contributed by atoms with E-state index in [4.69, 9.17) is 0 Å². The molecular weight excluding hydrogens is 491 g/mol. The SMILES string of the molecule is CSc1cc(C)[nH]c(=O)c1CNC(=O)c1c(C)n(CC2CCN(CC(F)(F)F)CC2)c2ncccc12. The molecule has 1 fully saturated rings. The molecule has 1 aliphatic heterocycles. The van der Waals surface area contributed by atoms with Crippen molar-refractivity contribution in [3.63, 3.8) is 0 Å². The molecule has 3 aromatic heterocycles. The predicted molar refractivity (Wildman–Crippen MR) is 134 cm³/mol. The summed E-state index contributed by atoms with van der Waals surface area (Å²) in [6.45, 7) is 4.27. The zero-order valence-corrected chi connectivity index (χ0v) is 21.4. The number of halogens is 3. The van der Waals surface area contributed by atoms with Crippen LogP contribution >= 0.6 is 11.8 Å². The van der Waals surface area contributed by atoms with Gasteiger partial charge < -0.3 is 14.9 Å². The lowest BCUT2D eigenvalue weighted by atomic mass is 9.96. The first-order valence-corrected chi connectivity index (χ1v) is 13.1. The third-order valence-electron chi connectivity index (χ3n) is 6.73. The fraction of sp³-hybridized carbons (Fsp3) is 0.480. The van der Waals surface area contributed by atoms with E-state index in [1.165, 1.54) is 16.7 Å². The van der Waals surface area contributed by atoms with E-state index < -0.39 is 12.7 Å². The minimum atomic E-state index is -4.19. The van der Waals surface area contributed by atoms with Crippen LogP contribution < -0.4 is 10.9 Å². The maximum absolute atomic E-state index is 13.3. The van der Waals surface area contributed by atoms with Crippen molar-refractivity contribution in [2.45, 2.75) is 50.9 Å². The van der Waals surface area contributed by atoms with Crippen molar-refractivity contribution >= 4 is 28.7 Å². The molecule has 0 spiro atoms. The van der Waals surface area contributed by atoms with Crippen LogP contribution in [0.15, 0.2) is 34.1 Å². The third kappa shape index (κ3) is 5.78. The number of alkyl halides is 3. The molecule has 36 heavy (non-hydrogen) atoms. The Hall–Kier alpha value is -2.79. The van der Waals surface area contributed by atoms with Crippen molar-refractivity contribution in [1.29, 1.82) is 0 Å². The van der Waals surface area contributed by atoms with Crippen LogP contribution in [0.1, 0.15) is 40.2 Å². The zero-order valence-electron chi connectivity index (χ0n) is 20.5. The minimum absolute atomic E-state index is 0.0919. The molecule has 194 valence electrons. The van der Waals surface area contributed by atoms with Crippen LogP contribution in [0.25, 0.3) is 11.0 Å². The molecule has 2 N–H and O–H groups in total. The number of hydrogen-bond donors (Lipinski definition) is 2. The Balaban J connectivity index is 1.53. The molecule has 0 bridgehead atoms. The average molecular weight is 522 g/mol. The first kappa shape index (κ1) is 26.3. The van der Waals surface area contributed by atoms with E-state index in [2.05, 4.69) is 15.3 Å². The number of nitrogens with zero attached hydrogens (tertiary/aromatic N) is 3. The van der Waals surface area contributed by atoms with Crippen LogP contribution in [0.4, 0.5) is 13.2 Å². The number of carbonyl (C=O) groups excluding carboxylic acids is 1. The second kappa shape index (κ2) is 10.7. The van der Waals surface area contributed by atoms with Gasteiger partial charge in [-0.3, -0.25) is 14.5 Å². The second-order valence-corrected chi connectivity index (χ2v) is 10.1. The molecule has 0 radical (unpaired) electrons. The standard InChI is InChI=1S/C25H30F3N5O2S/c1-15-11-20(36-3)19(23(34)31-15)12-30-24(35)21-16(2)33(22-18(21)5-4-8-29-22)13-17-6-9-32(10-7-17)14-25(26,27)28/h4-5,8,11,17H,6-7,9-10,12-14H2,1-3H3,(H,30,35)(H,31,34). The Morgan fingerprint density at radius 2 is 2.00 bits per heavy atom. The van der Waals surface area contributed by atoms with Gasteiger partial charge in [0.2, 0.25) is 0 Å². The summed E-state index contributed by atoms with van der Waals surface area (Å²) in [5.74, 6) is -0.103. The lowest BCUT2D eigenvalue weighted by Crippen LogP contribution is -2.40. The number of fused-ring (bicyclic) bond motifs is 1. The normalized spacial score (nSPS) is 15.5. The van der Waals surface area contributed by atoms with Crippen LogP contribution in [0.5, 0.6) is 0 Å². The van der Waals surface area contributed by atoms with E-state index in [1.807, 2.05) is 36.8 Å². The lowest BCUT2D eigenvalue weighted by molar-refractivity contribution is -0.148. The Morgan fingerprint density at radius 3 is 2.67 bits per heavy atom. The number of hydrogen-bond acceptors (Lipinski definition) is 5. The number of pyridine rings is 2. The minimum Gasteiger partial charge on any atom is -0.348 e. The molecule has 1 amide bonds. The summed E-state index contributed by atoms with van der Waals surface area (Å²) >= 11 is 1.45. The number of amides is 1. The Kier molecular flexibility index (Phi) is 7.79. The summed E-state index contributed by atoms with van der Waals surface area (Å²) in [4.78, 5) is 35.4. The van der Waals surface area contributed by atoms with Gasteiger partial charge in [-0.2, -0.15) is 13.2 Å². The van der Waals surface area contributed by atoms with E-state index in [0.29, 0.717) is 54.6 Å². The number of H-pyrrole nitrogens is 1. The maximum Gasteiger partial charge on any atom is 0.401 e. The van der Waals surface area contributed by atoms with E-state index >= 15 is 0 Å². The van der Waals surface area contributed by atoms with Crippen LogP contribution in [-0.4, -0.2) is 57.4 Å². The van der Waals surface area contributed by atoms with E-state index in [0.717, 1.165) is 16.3 Å². The fourth-order valence-electron chi connectivity index (χ4n) is 4.94. The summed E-state index contributed by atoms with van der Waals surface area (Å²) in [5.41, 5.74) is 2.97. The maximum atomic E-state index is 13.3. The van der Waals surface area contributed by atoms with Crippen molar-refractivity contribution in [3.05, 3.63) is 57.3 Å². The van der Waals surface area contributed by atoms with Gasteiger partial charge in [0.1, 0.15) is 5.65 Å². The zero-order chi connectivity index (χ0) is 26.0. The highest BCUT2D eigenvalue weighted by Gasteiger charge is 2.33. The average Bonchev–Trinajstić information content (AvgIpc) is 3.09. The van der Waals surface area contributed by atoms with Gasteiger partial charge in [-0.15, -0.1) is 11.8 Å². The van der Waals surface area contributed by atoms with Gasteiger partial charge in [-0.25, -0.2) is 4.98 Å². The molecule has 7 nitrogen and oxygen atoms in total. The third-order valence-corrected chi connectivity index (χ3v) is 7.54. The summed E-state index contributed by atoms with van der Waals surface area (Å²) in [5, 5.41) is 3.61. The largest absolute Gasteiger partial charge is 0.401 e. The first-order chi connectivity index (χ1) is 17.1. The van der Waals surface area contributed by atoms with Gasteiger partial charge in [-0.1, -0.05) is 0 Å². The molecule has 0 atom stereocenters. The highest BCUT2D eigenvalue weighted by molar-refractivity contribution is 7.98. The highest BCUT2D eigenvalue weighted by Crippen LogP contribution is 2.29. The second-order valence-electron chi connectivity index (χ2n) is 9.29. The number of rotatable bonds is 7. The van der Waals surface area contributed by atoms with Crippen molar-refractivity contribution in [1.82, 2.24) is 24.8 Å². The predicted octanol–water partition coefficient (Wildman–Crippen LogP) is 4.27. The summed E-state index contributed by atoms with van der Waals surface area (Å²) in [7, 11) is 0. The number of aromatic amines is 1. The molecule has 4 rings (SSSR count). The van der Waals surface area contributed by atoms with Gasteiger partial charge in [0.25, 0.3) is 11.5 Å². The number of carbonyl (C=O) groups is 1. The summed E-state index contributed by atoms with van der Waals surface area (Å²) < 4.78 is 40.2. The highest BCUT2D eigenvalue weighted by atomic mass is 32.2. The van der Waals surface area contributed by atoms with Crippen molar-refractivity contribution in [2.75, 3.05) is 25.9 Å². The molecule has 1 saturated heterocycles. The molecule has 0 saturated carbocycles. The quantitative estimate of drug-likeness (QED) is 0.454. The van der Waals surface area contributed by atoms with Gasteiger partial charge in [0.05, 0.1) is 12.1 Å². The first-order valence-electron chi connectivity index (χ1n) is 11.8. The molecule has 4 heterocycles. The molecule has 11 heteroatoms. The smallest absolute Gasteiger partial charge is 0.348 e. The summed E-state index contributed by atoms with van der Waals surface area (Å²) in [6.07, 6.45) is 0.666. The Bertz CT molecular complexity index is 1310. The van der Waals surface area contributed by atoms with Crippen LogP contribution in [0.2, 0.25) is 0 Å². The number of aromatic nitrogens is 3. The number of aryl methyl sites for hydroxylation is 1. The molecule has 0 aromatic carbocycles. The summed E-state index contributed by atoms with van der Waals surface area (Å²) in [6, 6.07) is 5.50. The number of nitrogens with one attached hydrogen (secondary N) is 2. The Morgan fingerprint density at radius 1 is 1.28 bits per heavy atom. The van der Waals surface area contributed by atoms with Crippen LogP contribution in [0, 0.1) is 19.8 Å². The molecular formula is C25H30F3N5O2S. The topological polar surface area (TPSA) is 83.0 Å². The van der Waals surface area contributed by atoms with Crippen molar-refractivity contribution in [3.8, 4) is 0 Å². The van der Waals surface area contributed by atoms with Crippen molar-refractivity contribution < 1.29 is 18.0 Å². The van der Waals surface area contributed by atoms with E-state index in [-0.39, 0.29) is 23.9 Å². The van der Waals surface area contributed by atoms with Gasteiger partial charge in [0.15, 0.2) is 0 Å². The van der Waals surface area contributed by atoms with E-state index in [1.54, 1.807) is 12.3 Å². The molecule has 3 aromatic rings. The monoisotopic (exact) mass is 521 g/mol. The van der Waals surface area contributed by atoms with Gasteiger partial charge >= 0.3 is 6.18 Å². The number of thioether (sulfide) groups is 1. The number of likely N-dealkylation sites (tertiary alicyclic amines) is 1. The van der Waals surface area contributed by atoms with Crippen LogP contribution in [0.3, 0.4) is 0 Å². The van der Waals surface area contributed by atoms with E-state index in [9.17, 15) is 22.8 Å². The lowest BCUT2D eigenvalue weighted by Gasteiger charge is -2.32. The molecule has 0 aliphatic carbocycles. The fourth-order valence-corrected chi connectivity index (χ4v) is 5.64.